The van der Waals surface area contributed by atoms with E-state index in [-0.39, 0.29) is 5.92 Å². The van der Waals surface area contributed by atoms with Gasteiger partial charge in [-0.15, -0.1) is 0 Å². The molecule has 0 bridgehead atoms. The molecule has 3 aromatic rings. The Bertz CT molecular complexity index is 1060. The molecule has 0 aromatic heterocycles. The molecule has 0 atom stereocenters. The van der Waals surface area contributed by atoms with Crippen molar-refractivity contribution in [2.45, 2.75) is 47.5 Å². The van der Waals surface area contributed by atoms with Crippen LogP contribution < -0.4 is 19.3 Å². The standard InChI is InChI=1S/C31H42N2O2/c1-9-32(10-2)24-13-16-27(22(5)19-24)31(29-18-15-26(34-7)21-30(29)35-8)28-17-14-25(20-23(28)6)33(11-3)12-4/h13-21,31H,9-12H2,1-8H3. The summed E-state index contributed by atoms with van der Waals surface area (Å²) in [7, 11) is 3.43. The Labute approximate surface area is 212 Å². The Balaban J connectivity index is 2.22. The molecule has 0 N–H and O–H groups in total. The first-order valence-corrected chi connectivity index (χ1v) is 12.8. The Morgan fingerprint density at radius 1 is 0.600 bits per heavy atom. The van der Waals surface area contributed by atoms with E-state index in [0.717, 1.165) is 43.2 Å². The zero-order valence-electron chi connectivity index (χ0n) is 22.8. The minimum atomic E-state index is 0.0485. The van der Waals surface area contributed by atoms with Gasteiger partial charge in [0.05, 0.1) is 14.2 Å². The Hall–Kier alpha value is -3.14. The van der Waals surface area contributed by atoms with Gasteiger partial charge in [0.15, 0.2) is 0 Å². The number of hydrogen-bond acceptors (Lipinski definition) is 4. The molecule has 3 rings (SSSR count). The van der Waals surface area contributed by atoms with Crippen molar-refractivity contribution in [3.63, 3.8) is 0 Å². The normalized spacial score (nSPS) is 11.0. The van der Waals surface area contributed by atoms with Gasteiger partial charge in [0, 0.05) is 55.1 Å². The van der Waals surface area contributed by atoms with Gasteiger partial charge in [-0.2, -0.15) is 0 Å². The molecule has 0 amide bonds. The fourth-order valence-electron chi connectivity index (χ4n) is 5.10. The molecule has 0 unspecified atom stereocenters. The maximum atomic E-state index is 5.89. The first kappa shape index (κ1) is 26.5. The number of rotatable bonds is 11. The minimum absolute atomic E-state index is 0.0485. The molecule has 0 aliphatic carbocycles. The van der Waals surface area contributed by atoms with Gasteiger partial charge in [-0.25, -0.2) is 0 Å². The van der Waals surface area contributed by atoms with E-state index < -0.39 is 0 Å². The van der Waals surface area contributed by atoms with Crippen LogP contribution in [0.15, 0.2) is 54.6 Å². The highest BCUT2D eigenvalue weighted by molar-refractivity contribution is 5.60. The molecule has 0 radical (unpaired) electrons. The predicted octanol–water partition coefficient (Wildman–Crippen LogP) is 7.19. The number of nitrogens with zero attached hydrogens (tertiary/aromatic N) is 2. The van der Waals surface area contributed by atoms with E-state index in [1.165, 1.54) is 33.6 Å². The second kappa shape index (κ2) is 12.0. The first-order valence-electron chi connectivity index (χ1n) is 12.8. The van der Waals surface area contributed by atoms with E-state index >= 15 is 0 Å². The highest BCUT2D eigenvalue weighted by Gasteiger charge is 2.25. The first-order chi connectivity index (χ1) is 16.9. The molecular formula is C31H42N2O2. The summed E-state index contributed by atoms with van der Waals surface area (Å²) >= 11 is 0. The fraction of sp³-hybridized carbons (Fsp3) is 0.419. The number of hydrogen-bond donors (Lipinski definition) is 0. The van der Waals surface area contributed by atoms with Gasteiger partial charge in [-0.3, -0.25) is 0 Å². The summed E-state index contributed by atoms with van der Waals surface area (Å²) in [6.45, 7) is 17.3. The van der Waals surface area contributed by atoms with Crippen molar-refractivity contribution in [3.8, 4) is 11.5 Å². The van der Waals surface area contributed by atoms with Crippen LogP contribution in [0.5, 0.6) is 11.5 Å². The van der Waals surface area contributed by atoms with Crippen LogP contribution in [-0.4, -0.2) is 40.4 Å². The second-order valence-electron chi connectivity index (χ2n) is 8.97. The molecule has 0 aliphatic rings. The van der Waals surface area contributed by atoms with Gasteiger partial charge >= 0.3 is 0 Å². The summed E-state index contributed by atoms with van der Waals surface area (Å²) in [4.78, 5) is 4.79. The van der Waals surface area contributed by atoms with Crippen LogP contribution >= 0.6 is 0 Å². The van der Waals surface area contributed by atoms with E-state index in [1.54, 1.807) is 14.2 Å². The molecule has 0 fully saturated rings. The molecule has 0 heterocycles. The number of ether oxygens (including phenoxy) is 2. The SMILES string of the molecule is CCN(CC)c1ccc(C(c2ccc(N(CC)CC)cc2C)c2ccc(OC)cc2OC)c(C)c1. The zero-order valence-corrected chi connectivity index (χ0v) is 22.8. The molecule has 3 aromatic carbocycles. The lowest BCUT2D eigenvalue weighted by Crippen LogP contribution is -2.22. The van der Waals surface area contributed by atoms with Gasteiger partial charge in [0.25, 0.3) is 0 Å². The molecule has 0 aliphatic heterocycles. The van der Waals surface area contributed by atoms with Crippen LogP contribution in [0.2, 0.25) is 0 Å². The third-order valence-electron chi connectivity index (χ3n) is 7.14. The molecule has 35 heavy (non-hydrogen) atoms. The lowest BCUT2D eigenvalue weighted by atomic mass is 9.80. The minimum Gasteiger partial charge on any atom is -0.497 e. The van der Waals surface area contributed by atoms with Crippen LogP contribution in [0, 0.1) is 13.8 Å². The van der Waals surface area contributed by atoms with Crippen molar-refractivity contribution in [1.29, 1.82) is 0 Å². The van der Waals surface area contributed by atoms with Crippen molar-refractivity contribution in [3.05, 3.63) is 82.4 Å². The average Bonchev–Trinajstić information content (AvgIpc) is 2.88. The summed E-state index contributed by atoms with van der Waals surface area (Å²) in [5.74, 6) is 1.69. The molecule has 0 spiro atoms. The largest absolute Gasteiger partial charge is 0.497 e. The Kier molecular flexibility index (Phi) is 9.08. The Morgan fingerprint density at radius 2 is 1.06 bits per heavy atom. The molecule has 0 saturated heterocycles. The van der Waals surface area contributed by atoms with E-state index in [9.17, 15) is 0 Å². The summed E-state index contributed by atoms with van der Waals surface area (Å²) < 4.78 is 11.4. The second-order valence-corrected chi connectivity index (χ2v) is 8.97. The summed E-state index contributed by atoms with van der Waals surface area (Å²) in [5, 5.41) is 0. The summed E-state index contributed by atoms with van der Waals surface area (Å²) in [6.07, 6.45) is 0. The van der Waals surface area contributed by atoms with E-state index in [0.29, 0.717) is 0 Å². The van der Waals surface area contributed by atoms with E-state index in [2.05, 4.69) is 93.8 Å². The number of anilines is 2. The van der Waals surface area contributed by atoms with Gasteiger partial charge < -0.3 is 19.3 Å². The fourth-order valence-corrected chi connectivity index (χ4v) is 5.10. The van der Waals surface area contributed by atoms with Crippen molar-refractivity contribution >= 4 is 11.4 Å². The summed E-state index contributed by atoms with van der Waals surface area (Å²) in [5.41, 5.74) is 8.83. The third kappa shape index (κ3) is 5.58. The zero-order chi connectivity index (χ0) is 25.5. The van der Waals surface area contributed by atoms with Crippen molar-refractivity contribution in [2.24, 2.45) is 0 Å². The van der Waals surface area contributed by atoms with Gasteiger partial charge in [-0.1, -0.05) is 18.2 Å². The maximum absolute atomic E-state index is 5.89. The van der Waals surface area contributed by atoms with Gasteiger partial charge in [0.1, 0.15) is 11.5 Å². The highest BCUT2D eigenvalue weighted by Crippen LogP contribution is 2.42. The number of aryl methyl sites for hydroxylation is 2. The van der Waals surface area contributed by atoms with Crippen LogP contribution in [-0.2, 0) is 0 Å². The van der Waals surface area contributed by atoms with Gasteiger partial charge in [-0.05, 0) is 94.1 Å². The molecular weight excluding hydrogens is 432 g/mol. The van der Waals surface area contributed by atoms with Crippen LogP contribution in [0.4, 0.5) is 11.4 Å². The van der Waals surface area contributed by atoms with Crippen molar-refractivity contribution in [1.82, 2.24) is 0 Å². The molecule has 4 heteroatoms. The van der Waals surface area contributed by atoms with E-state index in [4.69, 9.17) is 9.47 Å². The molecule has 0 saturated carbocycles. The molecule has 4 nitrogen and oxygen atoms in total. The monoisotopic (exact) mass is 474 g/mol. The average molecular weight is 475 g/mol. The lowest BCUT2D eigenvalue weighted by molar-refractivity contribution is 0.390. The van der Waals surface area contributed by atoms with E-state index in [1.807, 2.05) is 12.1 Å². The Morgan fingerprint density at radius 3 is 1.43 bits per heavy atom. The topological polar surface area (TPSA) is 24.9 Å². The number of benzene rings is 3. The smallest absolute Gasteiger partial charge is 0.126 e. The number of methoxy groups -OCH3 is 2. The summed E-state index contributed by atoms with van der Waals surface area (Å²) in [6, 6.07) is 19.9. The maximum Gasteiger partial charge on any atom is 0.126 e. The highest BCUT2D eigenvalue weighted by atomic mass is 16.5. The van der Waals surface area contributed by atoms with Crippen molar-refractivity contribution in [2.75, 3.05) is 50.2 Å². The predicted molar refractivity (Wildman–Crippen MR) is 150 cm³/mol. The van der Waals surface area contributed by atoms with Crippen LogP contribution in [0.1, 0.15) is 61.4 Å². The molecule has 188 valence electrons. The lowest BCUT2D eigenvalue weighted by Gasteiger charge is -2.28. The third-order valence-corrected chi connectivity index (χ3v) is 7.14. The van der Waals surface area contributed by atoms with Crippen LogP contribution in [0.3, 0.4) is 0 Å². The van der Waals surface area contributed by atoms with Gasteiger partial charge in [0.2, 0.25) is 0 Å². The van der Waals surface area contributed by atoms with Crippen molar-refractivity contribution < 1.29 is 9.47 Å². The van der Waals surface area contributed by atoms with Crippen LogP contribution in [0.25, 0.3) is 0 Å². The quantitative estimate of drug-likeness (QED) is 0.275.